The van der Waals surface area contributed by atoms with Gasteiger partial charge in [0, 0.05) is 26.7 Å². The topological polar surface area (TPSA) is 81.9 Å². The molecule has 1 unspecified atom stereocenters. The van der Waals surface area contributed by atoms with E-state index in [1.54, 1.807) is 31.3 Å². The van der Waals surface area contributed by atoms with E-state index in [1.807, 2.05) is 0 Å². The van der Waals surface area contributed by atoms with Crippen molar-refractivity contribution in [2.45, 2.75) is 23.8 Å². The van der Waals surface area contributed by atoms with Crippen LogP contribution in [0.2, 0.25) is 0 Å². The van der Waals surface area contributed by atoms with Crippen LogP contribution < -0.4 is 10.5 Å². The zero-order valence-electron chi connectivity index (χ0n) is 12.2. The Morgan fingerprint density at radius 3 is 2.67 bits per heavy atom. The molecular formula is C14H22N2O4S. The van der Waals surface area contributed by atoms with E-state index in [0.717, 1.165) is 12.8 Å². The predicted octanol–water partition coefficient (Wildman–Crippen LogP) is 0.824. The molecule has 1 heterocycles. The minimum atomic E-state index is -3.49. The third-order valence-electron chi connectivity index (χ3n) is 3.40. The number of nitrogens with zero attached hydrogens (tertiary/aromatic N) is 1. The van der Waals surface area contributed by atoms with Crippen molar-refractivity contribution in [3.63, 3.8) is 0 Å². The highest BCUT2D eigenvalue weighted by atomic mass is 32.2. The average Bonchev–Trinajstić information content (AvgIpc) is 2.98. The molecule has 1 aliphatic rings. The SMILES string of the molecule is CN(CC1CCCO1)S(=O)(=O)c1ccc(OCCN)cc1. The molecule has 1 aliphatic heterocycles. The largest absolute Gasteiger partial charge is 0.492 e. The Morgan fingerprint density at radius 2 is 2.10 bits per heavy atom. The molecule has 0 radical (unpaired) electrons. The van der Waals surface area contributed by atoms with E-state index in [4.69, 9.17) is 15.2 Å². The fourth-order valence-corrected chi connectivity index (χ4v) is 3.44. The number of hydrogen-bond donors (Lipinski definition) is 1. The molecule has 1 aromatic rings. The summed E-state index contributed by atoms with van der Waals surface area (Å²) in [6.07, 6.45) is 1.90. The zero-order chi connectivity index (χ0) is 15.3. The minimum Gasteiger partial charge on any atom is -0.492 e. The van der Waals surface area contributed by atoms with Crippen LogP contribution in [0.15, 0.2) is 29.2 Å². The first kappa shape index (κ1) is 16.2. The van der Waals surface area contributed by atoms with E-state index in [-0.39, 0.29) is 11.0 Å². The number of sulfonamides is 1. The third-order valence-corrected chi connectivity index (χ3v) is 5.24. The van der Waals surface area contributed by atoms with E-state index < -0.39 is 10.0 Å². The first-order chi connectivity index (χ1) is 10.0. The van der Waals surface area contributed by atoms with Crippen molar-refractivity contribution >= 4 is 10.0 Å². The van der Waals surface area contributed by atoms with Crippen molar-refractivity contribution in [1.29, 1.82) is 0 Å². The van der Waals surface area contributed by atoms with Gasteiger partial charge < -0.3 is 15.2 Å². The summed E-state index contributed by atoms with van der Waals surface area (Å²) in [4.78, 5) is 0.253. The number of nitrogens with two attached hydrogens (primary N) is 1. The molecule has 21 heavy (non-hydrogen) atoms. The summed E-state index contributed by atoms with van der Waals surface area (Å²) in [7, 11) is -1.91. The lowest BCUT2D eigenvalue weighted by molar-refractivity contribution is 0.0979. The molecule has 0 saturated carbocycles. The second kappa shape index (κ2) is 7.22. The van der Waals surface area contributed by atoms with Crippen LogP contribution in [0.1, 0.15) is 12.8 Å². The molecule has 1 fully saturated rings. The molecule has 2 N–H and O–H groups in total. The molecule has 0 bridgehead atoms. The summed E-state index contributed by atoms with van der Waals surface area (Å²) in [5.41, 5.74) is 5.35. The van der Waals surface area contributed by atoms with Crippen molar-refractivity contribution in [2.75, 3.05) is 33.4 Å². The lowest BCUT2D eigenvalue weighted by Crippen LogP contribution is -2.34. The molecule has 1 aromatic carbocycles. The van der Waals surface area contributed by atoms with Crippen LogP contribution in [0, 0.1) is 0 Å². The van der Waals surface area contributed by atoms with Gasteiger partial charge in [-0.2, -0.15) is 4.31 Å². The second-order valence-corrected chi connectivity index (χ2v) is 7.07. The Kier molecular flexibility index (Phi) is 5.58. The Labute approximate surface area is 125 Å². The summed E-state index contributed by atoms with van der Waals surface area (Å²) >= 11 is 0. The van der Waals surface area contributed by atoms with E-state index in [9.17, 15) is 8.42 Å². The van der Waals surface area contributed by atoms with Gasteiger partial charge in [-0.1, -0.05) is 0 Å². The summed E-state index contributed by atoms with van der Waals surface area (Å²) < 4.78 is 37.1. The van der Waals surface area contributed by atoms with Gasteiger partial charge in [0.2, 0.25) is 10.0 Å². The normalized spacial score (nSPS) is 19.1. The third kappa shape index (κ3) is 4.16. The summed E-state index contributed by atoms with van der Waals surface area (Å²) in [5.74, 6) is 0.612. The number of hydrogen-bond acceptors (Lipinski definition) is 5. The van der Waals surface area contributed by atoms with Crippen molar-refractivity contribution in [2.24, 2.45) is 5.73 Å². The molecule has 1 atom stereocenters. The summed E-state index contributed by atoms with van der Waals surface area (Å²) in [6, 6.07) is 6.38. The van der Waals surface area contributed by atoms with E-state index in [2.05, 4.69) is 0 Å². The van der Waals surface area contributed by atoms with Gasteiger partial charge in [0.1, 0.15) is 12.4 Å². The fourth-order valence-electron chi connectivity index (χ4n) is 2.24. The van der Waals surface area contributed by atoms with Gasteiger partial charge >= 0.3 is 0 Å². The van der Waals surface area contributed by atoms with Crippen LogP contribution >= 0.6 is 0 Å². The number of benzene rings is 1. The maximum absolute atomic E-state index is 12.5. The first-order valence-corrected chi connectivity index (χ1v) is 8.49. The molecule has 1 saturated heterocycles. The maximum atomic E-state index is 12.5. The number of likely N-dealkylation sites (N-methyl/N-ethyl adjacent to an activating group) is 1. The zero-order valence-corrected chi connectivity index (χ0v) is 13.0. The molecule has 7 heteroatoms. The molecule has 0 amide bonds. The highest BCUT2D eigenvalue weighted by Gasteiger charge is 2.25. The van der Waals surface area contributed by atoms with Crippen LogP contribution in [0.5, 0.6) is 5.75 Å². The van der Waals surface area contributed by atoms with Crippen LogP contribution in [0.3, 0.4) is 0 Å². The van der Waals surface area contributed by atoms with Crippen LogP contribution in [-0.4, -0.2) is 52.2 Å². The maximum Gasteiger partial charge on any atom is 0.242 e. The van der Waals surface area contributed by atoms with Gasteiger partial charge in [0.25, 0.3) is 0 Å². The van der Waals surface area contributed by atoms with Crippen molar-refractivity contribution in [1.82, 2.24) is 4.31 Å². The van der Waals surface area contributed by atoms with Crippen molar-refractivity contribution in [3.8, 4) is 5.75 Å². The Balaban J connectivity index is 2.03. The predicted molar refractivity (Wildman–Crippen MR) is 79.8 cm³/mol. The lowest BCUT2D eigenvalue weighted by atomic mass is 10.2. The van der Waals surface area contributed by atoms with Gasteiger partial charge in [0.15, 0.2) is 0 Å². The number of ether oxygens (including phenoxy) is 2. The van der Waals surface area contributed by atoms with E-state index >= 15 is 0 Å². The first-order valence-electron chi connectivity index (χ1n) is 7.05. The minimum absolute atomic E-state index is 0.00284. The molecule has 2 rings (SSSR count). The Hall–Kier alpha value is -1.15. The second-order valence-electron chi connectivity index (χ2n) is 5.03. The van der Waals surface area contributed by atoms with Crippen LogP contribution in [0.4, 0.5) is 0 Å². The average molecular weight is 314 g/mol. The van der Waals surface area contributed by atoms with Crippen LogP contribution in [0.25, 0.3) is 0 Å². The lowest BCUT2D eigenvalue weighted by Gasteiger charge is -2.20. The van der Waals surface area contributed by atoms with Crippen molar-refractivity contribution in [3.05, 3.63) is 24.3 Å². The highest BCUT2D eigenvalue weighted by Crippen LogP contribution is 2.21. The van der Waals surface area contributed by atoms with E-state index in [0.29, 0.717) is 32.1 Å². The van der Waals surface area contributed by atoms with Gasteiger partial charge in [-0.3, -0.25) is 0 Å². The van der Waals surface area contributed by atoms with Gasteiger partial charge in [-0.15, -0.1) is 0 Å². The number of rotatable bonds is 7. The van der Waals surface area contributed by atoms with E-state index in [1.165, 1.54) is 4.31 Å². The molecule has 0 aromatic heterocycles. The quantitative estimate of drug-likeness (QED) is 0.806. The molecular weight excluding hydrogens is 292 g/mol. The highest BCUT2D eigenvalue weighted by molar-refractivity contribution is 7.89. The van der Waals surface area contributed by atoms with Gasteiger partial charge in [-0.25, -0.2) is 8.42 Å². The van der Waals surface area contributed by atoms with Gasteiger partial charge in [0.05, 0.1) is 11.0 Å². The van der Waals surface area contributed by atoms with Gasteiger partial charge in [-0.05, 0) is 37.1 Å². The molecule has 0 spiro atoms. The molecule has 6 nitrogen and oxygen atoms in total. The fraction of sp³-hybridized carbons (Fsp3) is 0.571. The van der Waals surface area contributed by atoms with Crippen molar-refractivity contribution < 1.29 is 17.9 Å². The van der Waals surface area contributed by atoms with Crippen LogP contribution in [-0.2, 0) is 14.8 Å². The monoisotopic (exact) mass is 314 g/mol. The standard InChI is InChI=1S/C14H22N2O4S/c1-16(11-13-3-2-9-19-13)21(17,18)14-6-4-12(5-7-14)20-10-8-15/h4-7,13H,2-3,8-11,15H2,1H3. The summed E-state index contributed by atoms with van der Waals surface area (Å²) in [6.45, 7) is 1.93. The Morgan fingerprint density at radius 1 is 1.38 bits per heavy atom. The smallest absolute Gasteiger partial charge is 0.242 e. The Bertz CT molecular complexity index is 539. The molecule has 118 valence electrons. The molecule has 0 aliphatic carbocycles. The summed E-state index contributed by atoms with van der Waals surface area (Å²) in [5, 5.41) is 0.